The van der Waals surface area contributed by atoms with Crippen LogP contribution in [0.4, 0.5) is 5.69 Å². The Morgan fingerprint density at radius 3 is 2.25 bits per heavy atom. The molecule has 2 aliphatic heterocycles. The molecule has 0 radical (unpaired) electrons. The first-order valence-corrected chi connectivity index (χ1v) is 21.0. The molecule has 1 aliphatic carbocycles. The number of amides is 3. The Morgan fingerprint density at radius 1 is 0.885 bits per heavy atom. The Labute approximate surface area is 363 Å². The third-order valence-electron chi connectivity index (χ3n) is 11.7. The Kier molecular flexibility index (Phi) is 12.3. The molecule has 13 heteroatoms. The summed E-state index contributed by atoms with van der Waals surface area (Å²) in [6.45, 7) is 0.392. The van der Waals surface area contributed by atoms with Crippen molar-refractivity contribution in [2.45, 2.75) is 76.3 Å². The number of benzene rings is 5. The molecule has 11 nitrogen and oxygen atoms in total. The van der Waals surface area contributed by atoms with Gasteiger partial charge in [-0.1, -0.05) is 90.6 Å². The number of fused-ring (bicyclic) bond motifs is 2. The molecule has 310 valence electrons. The van der Waals surface area contributed by atoms with Crippen LogP contribution in [0.1, 0.15) is 71.6 Å². The number of nitrogens with zero attached hydrogens (tertiary/aromatic N) is 2. The number of halogens is 2. The molecule has 5 aromatic rings. The first-order chi connectivity index (χ1) is 29.5. The van der Waals surface area contributed by atoms with E-state index in [0.29, 0.717) is 50.3 Å². The van der Waals surface area contributed by atoms with E-state index < -0.39 is 30.1 Å². The highest BCUT2D eigenvalue weighted by atomic mass is 35.5. The lowest BCUT2D eigenvalue weighted by molar-refractivity contribution is -0.145. The maximum Gasteiger partial charge on any atom is 0.326 e. The second kappa shape index (κ2) is 18.1. The fourth-order valence-corrected chi connectivity index (χ4v) is 8.61. The number of anilines is 1. The first kappa shape index (κ1) is 41.4. The minimum Gasteiger partial charge on any atom is -0.489 e. The second-order valence-electron chi connectivity index (χ2n) is 15.8. The fourth-order valence-electron chi connectivity index (χ4n) is 8.29. The van der Waals surface area contributed by atoms with Gasteiger partial charge in [0.15, 0.2) is 0 Å². The molecule has 8 rings (SSSR count). The summed E-state index contributed by atoms with van der Waals surface area (Å²) in [5.74, 6) is -1.03. The molecule has 61 heavy (non-hydrogen) atoms. The lowest BCUT2D eigenvalue weighted by atomic mass is 9.90. The van der Waals surface area contributed by atoms with Crippen molar-refractivity contribution < 1.29 is 33.8 Å². The normalized spacial score (nSPS) is 17.5. The zero-order valence-electron chi connectivity index (χ0n) is 33.0. The van der Waals surface area contributed by atoms with Crippen molar-refractivity contribution in [2.75, 3.05) is 5.32 Å². The van der Waals surface area contributed by atoms with E-state index in [1.165, 1.54) is 0 Å². The molecular weight excluding hydrogens is 815 g/mol. The van der Waals surface area contributed by atoms with Crippen molar-refractivity contribution in [1.82, 2.24) is 10.2 Å². The topological polar surface area (TPSA) is 158 Å². The monoisotopic (exact) mass is 856 g/mol. The van der Waals surface area contributed by atoms with Gasteiger partial charge >= 0.3 is 5.97 Å². The molecule has 0 aromatic heterocycles. The minimum absolute atomic E-state index is 0.0284. The van der Waals surface area contributed by atoms with Crippen molar-refractivity contribution in [3.05, 3.63) is 147 Å². The number of aliphatic carboxylic acids is 1. The molecule has 3 N–H and O–H groups in total. The average Bonchev–Trinajstić information content (AvgIpc) is 3.78. The summed E-state index contributed by atoms with van der Waals surface area (Å²) in [6, 6.07) is 30.4. The third kappa shape index (κ3) is 9.51. The van der Waals surface area contributed by atoms with E-state index in [-0.39, 0.29) is 43.7 Å². The maximum absolute atomic E-state index is 14.2. The summed E-state index contributed by atoms with van der Waals surface area (Å²) < 4.78 is 12.2. The molecule has 1 saturated carbocycles. The first-order valence-electron chi connectivity index (χ1n) is 20.2. The lowest BCUT2D eigenvalue weighted by Crippen LogP contribution is -2.56. The standard InChI is InChI=1S/C48H42Cl2N4O7/c49-38-18-9-31(19-39(38)50)27-60-37-16-14-34(15-17-37)45-47(57)52-40-22-35-23-42(54(26-36(35)24-43(40)61-45)44(55)21-28-3-1-2-4-28)46(56)53-41(48(58)59)20-29-5-10-32(11-6-29)33-12-7-30(25-51)8-13-33/h5-19,22,24,28,41-42,45H,1-4,20-21,23,26-27H2,(H,52,57)(H,53,56)(H,58,59)/t41-,42?,45-/m0/s1. The number of hydrogen-bond donors (Lipinski definition) is 3. The Morgan fingerprint density at radius 2 is 1.57 bits per heavy atom. The molecule has 0 saturated heterocycles. The van der Waals surface area contributed by atoms with Crippen LogP contribution in [-0.2, 0) is 45.2 Å². The largest absolute Gasteiger partial charge is 0.489 e. The van der Waals surface area contributed by atoms with Crippen molar-refractivity contribution >= 4 is 52.6 Å². The number of rotatable bonds is 12. The Hall–Kier alpha value is -6.35. The summed E-state index contributed by atoms with van der Waals surface area (Å²) in [5.41, 5.74) is 6.51. The predicted molar refractivity (Wildman–Crippen MR) is 230 cm³/mol. The predicted octanol–water partition coefficient (Wildman–Crippen LogP) is 8.83. The summed E-state index contributed by atoms with van der Waals surface area (Å²) in [5, 5.41) is 26.0. The van der Waals surface area contributed by atoms with Crippen molar-refractivity contribution in [3.8, 4) is 28.7 Å². The molecule has 0 bridgehead atoms. The number of nitriles is 1. The van der Waals surface area contributed by atoms with Crippen LogP contribution >= 0.6 is 23.2 Å². The smallest absolute Gasteiger partial charge is 0.326 e. The van der Waals surface area contributed by atoms with E-state index >= 15 is 0 Å². The second-order valence-corrected chi connectivity index (χ2v) is 16.6. The van der Waals surface area contributed by atoms with Crippen LogP contribution < -0.4 is 20.1 Å². The summed E-state index contributed by atoms with van der Waals surface area (Å²) in [7, 11) is 0. The van der Waals surface area contributed by atoms with Crippen LogP contribution in [-0.4, -0.2) is 45.8 Å². The van der Waals surface area contributed by atoms with Gasteiger partial charge in [0.25, 0.3) is 5.91 Å². The zero-order chi connectivity index (χ0) is 42.6. The quantitative estimate of drug-likeness (QED) is 0.112. The highest BCUT2D eigenvalue weighted by Crippen LogP contribution is 2.40. The van der Waals surface area contributed by atoms with Crippen LogP contribution in [0, 0.1) is 17.2 Å². The van der Waals surface area contributed by atoms with Gasteiger partial charge in [-0.2, -0.15) is 5.26 Å². The van der Waals surface area contributed by atoms with E-state index in [1.54, 1.807) is 59.5 Å². The molecule has 1 unspecified atom stereocenters. The zero-order valence-corrected chi connectivity index (χ0v) is 34.5. The van der Waals surface area contributed by atoms with Gasteiger partial charge < -0.3 is 30.1 Å². The molecule has 1 fully saturated rings. The highest BCUT2D eigenvalue weighted by molar-refractivity contribution is 6.42. The maximum atomic E-state index is 14.2. The molecule has 3 aliphatic rings. The number of carbonyl (C=O) groups is 4. The number of hydrogen-bond acceptors (Lipinski definition) is 7. The van der Waals surface area contributed by atoms with Gasteiger partial charge in [0.1, 0.15) is 30.2 Å². The SMILES string of the molecule is N#Cc1ccc(-c2ccc(C[C@H](NC(=O)C3Cc4cc5c(cc4CN3C(=O)CC3CCCC3)O[C@@H](c3ccc(OCc4ccc(Cl)c(Cl)c4)cc3)C(=O)N5)C(=O)O)cc2)cc1. The average molecular weight is 858 g/mol. The third-order valence-corrected chi connectivity index (χ3v) is 12.4. The van der Waals surface area contributed by atoms with E-state index in [2.05, 4.69) is 16.7 Å². The number of nitrogens with one attached hydrogen (secondary N) is 2. The van der Waals surface area contributed by atoms with Gasteiger partial charge in [0.05, 0.1) is 27.4 Å². The van der Waals surface area contributed by atoms with Gasteiger partial charge in [0, 0.05) is 31.4 Å². The van der Waals surface area contributed by atoms with Crippen LogP contribution in [0.3, 0.4) is 0 Å². The van der Waals surface area contributed by atoms with Gasteiger partial charge in [-0.25, -0.2) is 4.79 Å². The molecule has 0 spiro atoms. The molecular formula is C48H42Cl2N4O7. The number of carbonyl (C=O) groups excluding carboxylic acids is 3. The lowest BCUT2D eigenvalue weighted by Gasteiger charge is -2.38. The Balaban J connectivity index is 0.975. The van der Waals surface area contributed by atoms with Gasteiger partial charge in [-0.3, -0.25) is 14.4 Å². The summed E-state index contributed by atoms with van der Waals surface area (Å²) >= 11 is 12.2. The van der Waals surface area contributed by atoms with Crippen molar-refractivity contribution in [3.63, 3.8) is 0 Å². The molecule has 3 amide bonds. The van der Waals surface area contributed by atoms with Crippen LogP contribution in [0.15, 0.2) is 103 Å². The number of ether oxygens (including phenoxy) is 2. The minimum atomic E-state index is -1.25. The van der Waals surface area contributed by atoms with E-state index in [1.807, 2.05) is 48.5 Å². The number of carboxylic acids is 1. The van der Waals surface area contributed by atoms with E-state index in [4.69, 9.17) is 37.9 Å². The van der Waals surface area contributed by atoms with Gasteiger partial charge in [-0.05, 0) is 101 Å². The summed E-state index contributed by atoms with van der Waals surface area (Å²) in [6.07, 6.45) is 3.53. The van der Waals surface area contributed by atoms with E-state index in [9.17, 15) is 24.3 Å². The number of carboxylic acid groups (broad SMARTS) is 1. The van der Waals surface area contributed by atoms with Crippen molar-refractivity contribution in [2.24, 2.45) is 5.92 Å². The van der Waals surface area contributed by atoms with Crippen molar-refractivity contribution in [1.29, 1.82) is 5.26 Å². The molecule has 2 heterocycles. The fraction of sp³-hybridized carbons (Fsp3) is 0.271. The molecule has 3 atom stereocenters. The molecule has 5 aromatic carbocycles. The van der Waals surface area contributed by atoms with E-state index in [0.717, 1.165) is 53.5 Å². The van der Waals surface area contributed by atoms with Crippen LogP contribution in [0.2, 0.25) is 10.0 Å². The van der Waals surface area contributed by atoms with Crippen LogP contribution in [0.5, 0.6) is 11.5 Å². The highest BCUT2D eigenvalue weighted by Gasteiger charge is 2.39. The van der Waals surface area contributed by atoms with Crippen LogP contribution in [0.25, 0.3) is 11.1 Å². The summed E-state index contributed by atoms with van der Waals surface area (Å²) in [4.78, 5) is 55.8. The van der Waals surface area contributed by atoms with Gasteiger partial charge in [-0.15, -0.1) is 0 Å². The Bertz CT molecular complexity index is 2520. The van der Waals surface area contributed by atoms with Gasteiger partial charge in [0.2, 0.25) is 17.9 Å².